The number of benzene rings is 4. The van der Waals surface area contributed by atoms with Gasteiger partial charge in [0.2, 0.25) is 0 Å². The van der Waals surface area contributed by atoms with Crippen molar-refractivity contribution >= 4 is 10.8 Å². The molecule has 0 aromatic heterocycles. The Kier molecular flexibility index (Phi) is 9.03. The number of unbranched alkanes of at least 4 members (excludes halogenated alkanes) is 4. The first-order valence-electron chi connectivity index (χ1n) is 13.1. The SMILES string of the molecule is CCCCCCCOc1ccc(-c2ccc3c(F)c(CCc4ccc(C(F)(F)F)c(F)c4)ccc3c2)cc1. The van der Waals surface area contributed by atoms with E-state index >= 15 is 4.39 Å². The summed E-state index contributed by atoms with van der Waals surface area (Å²) in [6.45, 7) is 2.90. The predicted molar refractivity (Wildman–Crippen MR) is 142 cm³/mol. The summed E-state index contributed by atoms with van der Waals surface area (Å²) >= 11 is 0. The molecule has 0 amide bonds. The van der Waals surface area contributed by atoms with Crippen LogP contribution in [0.1, 0.15) is 55.7 Å². The van der Waals surface area contributed by atoms with E-state index < -0.39 is 17.6 Å². The highest BCUT2D eigenvalue weighted by atomic mass is 19.4. The topological polar surface area (TPSA) is 9.23 Å². The molecule has 38 heavy (non-hydrogen) atoms. The van der Waals surface area contributed by atoms with Crippen LogP contribution in [0.25, 0.3) is 21.9 Å². The van der Waals surface area contributed by atoms with Crippen LogP contribution < -0.4 is 4.74 Å². The van der Waals surface area contributed by atoms with Crippen LogP contribution in [0, 0.1) is 11.6 Å². The summed E-state index contributed by atoms with van der Waals surface area (Å²) < 4.78 is 73.3. The largest absolute Gasteiger partial charge is 0.494 e. The van der Waals surface area contributed by atoms with Gasteiger partial charge < -0.3 is 4.74 Å². The van der Waals surface area contributed by atoms with Gasteiger partial charge in [0, 0.05) is 5.39 Å². The van der Waals surface area contributed by atoms with Crippen molar-refractivity contribution in [3.8, 4) is 16.9 Å². The lowest BCUT2D eigenvalue weighted by molar-refractivity contribution is -0.140. The van der Waals surface area contributed by atoms with Crippen LogP contribution in [0.15, 0.2) is 72.8 Å². The minimum absolute atomic E-state index is 0.225. The van der Waals surface area contributed by atoms with Gasteiger partial charge in [-0.05, 0) is 77.2 Å². The summed E-state index contributed by atoms with van der Waals surface area (Å²) in [5.41, 5.74) is 1.47. The lowest BCUT2D eigenvalue weighted by Crippen LogP contribution is -2.08. The molecule has 0 N–H and O–H groups in total. The summed E-state index contributed by atoms with van der Waals surface area (Å²) in [5.74, 6) is -0.860. The zero-order chi connectivity index (χ0) is 27.1. The van der Waals surface area contributed by atoms with Crippen molar-refractivity contribution in [1.82, 2.24) is 0 Å². The van der Waals surface area contributed by atoms with Crippen LogP contribution in [0.2, 0.25) is 0 Å². The number of hydrogen-bond donors (Lipinski definition) is 0. The molecule has 200 valence electrons. The van der Waals surface area contributed by atoms with Crippen LogP contribution >= 0.6 is 0 Å². The highest BCUT2D eigenvalue weighted by Gasteiger charge is 2.33. The molecule has 6 heteroatoms. The fourth-order valence-corrected chi connectivity index (χ4v) is 4.57. The maximum Gasteiger partial charge on any atom is 0.419 e. The van der Waals surface area contributed by atoms with Gasteiger partial charge in [-0.3, -0.25) is 0 Å². The van der Waals surface area contributed by atoms with Crippen LogP contribution in [-0.2, 0) is 19.0 Å². The molecule has 0 radical (unpaired) electrons. The number of hydrogen-bond acceptors (Lipinski definition) is 1. The van der Waals surface area contributed by atoms with Gasteiger partial charge in [0.25, 0.3) is 0 Å². The number of alkyl halides is 3. The second kappa shape index (κ2) is 12.4. The second-order valence-electron chi connectivity index (χ2n) is 9.57. The average Bonchev–Trinajstić information content (AvgIpc) is 2.90. The summed E-state index contributed by atoms with van der Waals surface area (Å²) in [4.78, 5) is 0. The molecule has 0 saturated carbocycles. The van der Waals surface area contributed by atoms with Gasteiger partial charge in [-0.2, -0.15) is 13.2 Å². The number of aryl methyl sites for hydroxylation is 2. The lowest BCUT2D eigenvalue weighted by Gasteiger charge is -2.11. The van der Waals surface area contributed by atoms with E-state index in [0.717, 1.165) is 40.8 Å². The monoisotopic (exact) mass is 526 g/mol. The third-order valence-corrected chi connectivity index (χ3v) is 6.76. The van der Waals surface area contributed by atoms with Crippen LogP contribution in [0.4, 0.5) is 22.0 Å². The molecule has 0 atom stereocenters. The fraction of sp³-hybridized carbons (Fsp3) is 0.312. The van der Waals surface area contributed by atoms with Crippen molar-refractivity contribution < 1.29 is 26.7 Å². The summed E-state index contributed by atoms with van der Waals surface area (Å²) in [7, 11) is 0. The van der Waals surface area contributed by atoms with Crippen LogP contribution in [-0.4, -0.2) is 6.61 Å². The standard InChI is InChI=1S/C32H31F5O/c1-2-3-4-5-6-19-38-27-15-12-23(13-16-27)25-14-17-28-26(21-25)11-10-24(31(28)34)9-7-22-8-18-29(30(33)20-22)32(35,36)37/h8,10-18,20-21H,2-7,9,19H2,1H3. The normalized spacial score (nSPS) is 11.7. The molecule has 4 aromatic carbocycles. The first-order valence-corrected chi connectivity index (χ1v) is 13.1. The second-order valence-corrected chi connectivity index (χ2v) is 9.57. The fourth-order valence-electron chi connectivity index (χ4n) is 4.57. The lowest BCUT2D eigenvalue weighted by atomic mass is 9.97. The highest BCUT2D eigenvalue weighted by molar-refractivity contribution is 5.88. The Morgan fingerprint density at radius 3 is 2.16 bits per heavy atom. The Hall–Kier alpha value is -3.41. The number of fused-ring (bicyclic) bond motifs is 1. The molecule has 0 heterocycles. The van der Waals surface area contributed by atoms with E-state index in [1.807, 2.05) is 42.5 Å². The van der Waals surface area contributed by atoms with Crippen molar-refractivity contribution in [3.63, 3.8) is 0 Å². The van der Waals surface area contributed by atoms with E-state index in [-0.39, 0.29) is 18.7 Å². The van der Waals surface area contributed by atoms with E-state index in [2.05, 4.69) is 6.92 Å². The zero-order valence-electron chi connectivity index (χ0n) is 21.4. The van der Waals surface area contributed by atoms with E-state index in [9.17, 15) is 17.6 Å². The minimum atomic E-state index is -4.74. The van der Waals surface area contributed by atoms with E-state index in [4.69, 9.17) is 4.74 Å². The van der Waals surface area contributed by atoms with Crippen molar-refractivity contribution in [3.05, 3.63) is 101 Å². The molecule has 0 spiro atoms. The first kappa shape index (κ1) is 27.6. The molecule has 0 bridgehead atoms. The highest BCUT2D eigenvalue weighted by Crippen LogP contribution is 2.32. The molecular formula is C32H31F5O. The Morgan fingerprint density at radius 1 is 0.711 bits per heavy atom. The van der Waals surface area contributed by atoms with Gasteiger partial charge in [-0.15, -0.1) is 0 Å². The van der Waals surface area contributed by atoms with Crippen molar-refractivity contribution in [1.29, 1.82) is 0 Å². The summed E-state index contributed by atoms with van der Waals surface area (Å²) in [5, 5.41) is 1.21. The molecule has 0 aliphatic rings. The number of rotatable bonds is 11. The Bertz CT molecular complexity index is 1360. The quantitative estimate of drug-likeness (QED) is 0.140. The van der Waals surface area contributed by atoms with Gasteiger partial charge in [0.05, 0.1) is 12.2 Å². The Labute approximate surface area is 220 Å². The van der Waals surface area contributed by atoms with Crippen molar-refractivity contribution in [2.45, 2.75) is 58.0 Å². The molecule has 0 aliphatic carbocycles. The molecular weight excluding hydrogens is 495 g/mol. The average molecular weight is 527 g/mol. The van der Waals surface area contributed by atoms with Crippen molar-refractivity contribution in [2.75, 3.05) is 6.61 Å². The first-order chi connectivity index (χ1) is 18.3. The molecule has 0 aliphatic heterocycles. The van der Waals surface area contributed by atoms with Gasteiger partial charge in [0.15, 0.2) is 0 Å². The predicted octanol–water partition coefficient (Wildman–Crippen LogP) is 9.94. The van der Waals surface area contributed by atoms with Crippen LogP contribution in [0.5, 0.6) is 5.75 Å². The van der Waals surface area contributed by atoms with Crippen LogP contribution in [0.3, 0.4) is 0 Å². The molecule has 1 nitrogen and oxygen atoms in total. The summed E-state index contributed by atoms with van der Waals surface area (Å²) in [6, 6.07) is 19.7. The molecule has 4 aromatic rings. The van der Waals surface area contributed by atoms with Gasteiger partial charge in [0.1, 0.15) is 17.4 Å². The molecule has 0 saturated heterocycles. The zero-order valence-corrected chi connectivity index (χ0v) is 21.4. The maximum atomic E-state index is 15.2. The van der Waals surface area contributed by atoms with Gasteiger partial charge in [-0.1, -0.05) is 75.1 Å². The van der Waals surface area contributed by atoms with E-state index in [1.165, 1.54) is 31.7 Å². The third-order valence-electron chi connectivity index (χ3n) is 6.76. The maximum absolute atomic E-state index is 15.2. The summed E-state index contributed by atoms with van der Waals surface area (Å²) in [6.07, 6.45) is 1.67. The minimum Gasteiger partial charge on any atom is -0.494 e. The molecule has 0 fully saturated rings. The Balaban J connectivity index is 1.40. The number of halogens is 5. The third kappa shape index (κ3) is 6.91. The Morgan fingerprint density at radius 2 is 1.45 bits per heavy atom. The number of ether oxygens (including phenoxy) is 1. The molecule has 0 unspecified atom stereocenters. The van der Waals surface area contributed by atoms with E-state index in [1.54, 1.807) is 12.1 Å². The van der Waals surface area contributed by atoms with Gasteiger partial charge >= 0.3 is 6.18 Å². The molecule has 4 rings (SSSR count). The smallest absolute Gasteiger partial charge is 0.419 e. The van der Waals surface area contributed by atoms with E-state index in [0.29, 0.717) is 23.1 Å². The van der Waals surface area contributed by atoms with Crippen molar-refractivity contribution in [2.24, 2.45) is 0 Å². The van der Waals surface area contributed by atoms with Gasteiger partial charge in [-0.25, -0.2) is 8.78 Å².